The summed E-state index contributed by atoms with van der Waals surface area (Å²) in [5, 5.41) is 9.69. The molecule has 6 rings (SSSR count). The van der Waals surface area contributed by atoms with Crippen molar-refractivity contribution < 1.29 is 23.8 Å². The number of hydrogen-bond acceptors (Lipinski definition) is 7. The Morgan fingerprint density at radius 1 is 1.09 bits per heavy atom. The molecule has 0 radical (unpaired) electrons. The van der Waals surface area contributed by atoms with Gasteiger partial charge in [-0.3, -0.25) is 4.90 Å². The van der Waals surface area contributed by atoms with Crippen molar-refractivity contribution in [3.8, 4) is 11.6 Å². The van der Waals surface area contributed by atoms with Crippen molar-refractivity contribution in [1.29, 1.82) is 0 Å². The number of pyridine rings is 1. The largest absolute Gasteiger partial charge is 0.484 e. The van der Waals surface area contributed by atoms with Crippen molar-refractivity contribution >= 4 is 28.6 Å². The number of carboxylic acid groups (broad SMARTS) is 1. The molecule has 4 heterocycles. The van der Waals surface area contributed by atoms with E-state index in [2.05, 4.69) is 33.1 Å². The van der Waals surface area contributed by atoms with Crippen LogP contribution in [0.5, 0.6) is 11.6 Å². The molecule has 2 aliphatic heterocycles. The Bertz CT molecular complexity index is 1700. The van der Waals surface area contributed by atoms with Crippen LogP contribution in [0.4, 0.5) is 4.39 Å². The van der Waals surface area contributed by atoms with Crippen LogP contribution in [0.1, 0.15) is 34.7 Å². The maximum Gasteiger partial charge on any atom is 0.335 e. The van der Waals surface area contributed by atoms with Gasteiger partial charge in [0, 0.05) is 37.4 Å². The highest BCUT2D eigenvalue weighted by Gasteiger charge is 2.29. The zero-order valence-electron chi connectivity index (χ0n) is 23.6. The number of aromatic carboxylic acids is 1. The van der Waals surface area contributed by atoms with E-state index < -0.39 is 11.8 Å². The van der Waals surface area contributed by atoms with Crippen LogP contribution in [0.3, 0.4) is 0 Å². The third-order valence-corrected chi connectivity index (χ3v) is 7.98. The zero-order chi connectivity index (χ0) is 29.9. The van der Waals surface area contributed by atoms with Gasteiger partial charge in [0.25, 0.3) is 0 Å². The van der Waals surface area contributed by atoms with Crippen molar-refractivity contribution in [1.82, 2.24) is 24.3 Å². The fourth-order valence-corrected chi connectivity index (χ4v) is 5.61. The van der Waals surface area contributed by atoms with Gasteiger partial charge in [-0.2, -0.15) is 0 Å². The first-order valence-electron chi connectivity index (χ1n) is 14.1. The van der Waals surface area contributed by atoms with E-state index in [0.717, 1.165) is 42.8 Å². The van der Waals surface area contributed by atoms with Gasteiger partial charge in [-0.1, -0.05) is 23.7 Å². The van der Waals surface area contributed by atoms with Crippen LogP contribution in [-0.4, -0.2) is 60.8 Å². The molecule has 43 heavy (non-hydrogen) atoms. The normalized spacial score (nSPS) is 17.5. The average molecular weight is 604 g/mol. The van der Waals surface area contributed by atoms with Crippen LogP contribution in [0, 0.1) is 5.82 Å². The number of ether oxygens (including phenoxy) is 2. The summed E-state index contributed by atoms with van der Waals surface area (Å²) in [6, 6.07) is 14.8. The fraction of sp³-hybridized carbons (Fsp3) is 0.281. The van der Waals surface area contributed by atoms with E-state index in [9.17, 15) is 14.3 Å². The Balaban J connectivity index is 1.05. The first-order chi connectivity index (χ1) is 20.8. The molecule has 1 fully saturated rings. The van der Waals surface area contributed by atoms with Crippen molar-refractivity contribution in [3.63, 3.8) is 0 Å². The van der Waals surface area contributed by atoms with Crippen LogP contribution in [0.15, 0.2) is 79.0 Å². The molecule has 2 aromatic heterocycles. The second-order valence-electron chi connectivity index (χ2n) is 10.6. The quantitative estimate of drug-likeness (QED) is 0.257. The molecule has 0 bridgehead atoms. The molecular formula is C32H31ClFN5O4. The third-order valence-electron chi connectivity index (χ3n) is 7.74. The molecule has 0 amide bonds. The number of nitrogens with zero attached hydrogens (tertiary/aromatic N) is 5. The number of fused-ring (bicyclic) bond motifs is 1. The standard InChI is InChI=1S/C32H31ClFN5O4/c1-37-27-17-21(32(40)41)8-10-26(27)36-29(37)19-39-14-3-2-7-31(39)38-15-12-24(13-16-38)43-30-6-4-5-23(35-30)20-42-28-11-9-22(33)18-25(28)34/h2-11,14,17-18,24,31H,12-13,15-16,19-20H2,1H3,(H,40,41). The van der Waals surface area contributed by atoms with Gasteiger partial charge in [0.05, 0.1) is 28.8 Å². The summed E-state index contributed by atoms with van der Waals surface area (Å²) in [6.07, 6.45) is 10.1. The van der Waals surface area contributed by atoms with Crippen molar-refractivity contribution in [2.45, 2.75) is 38.3 Å². The van der Waals surface area contributed by atoms with Crippen LogP contribution >= 0.6 is 11.6 Å². The number of likely N-dealkylation sites (tertiary alicyclic amines) is 1. The molecule has 0 saturated carbocycles. The highest BCUT2D eigenvalue weighted by Crippen LogP contribution is 2.26. The molecule has 0 spiro atoms. The lowest BCUT2D eigenvalue weighted by Gasteiger charge is -2.42. The number of piperidine rings is 1. The number of rotatable bonds is 9. The highest BCUT2D eigenvalue weighted by atomic mass is 35.5. The van der Waals surface area contributed by atoms with E-state index in [1.807, 2.05) is 35.9 Å². The van der Waals surface area contributed by atoms with E-state index >= 15 is 0 Å². The molecule has 0 aliphatic carbocycles. The predicted octanol–water partition coefficient (Wildman–Crippen LogP) is 5.79. The van der Waals surface area contributed by atoms with Gasteiger partial charge in [0.2, 0.25) is 5.88 Å². The lowest BCUT2D eigenvalue weighted by atomic mass is 10.1. The summed E-state index contributed by atoms with van der Waals surface area (Å²) < 4.78 is 27.8. The van der Waals surface area contributed by atoms with Gasteiger partial charge in [0.1, 0.15) is 24.7 Å². The molecular weight excluding hydrogens is 573 g/mol. The lowest BCUT2D eigenvalue weighted by molar-refractivity contribution is 0.0380. The van der Waals surface area contributed by atoms with Crippen LogP contribution in [-0.2, 0) is 20.2 Å². The molecule has 11 heteroatoms. The summed E-state index contributed by atoms with van der Waals surface area (Å²) >= 11 is 5.82. The van der Waals surface area contributed by atoms with E-state index in [0.29, 0.717) is 23.1 Å². The van der Waals surface area contributed by atoms with Gasteiger partial charge in [-0.15, -0.1) is 0 Å². The second-order valence-corrected chi connectivity index (χ2v) is 11.0. The molecule has 2 aromatic carbocycles. The number of halogens is 2. The number of hydrogen-bond donors (Lipinski definition) is 1. The van der Waals surface area contributed by atoms with Gasteiger partial charge in [0.15, 0.2) is 11.6 Å². The Morgan fingerprint density at radius 3 is 2.72 bits per heavy atom. The summed E-state index contributed by atoms with van der Waals surface area (Å²) in [6.45, 7) is 2.37. The highest BCUT2D eigenvalue weighted by molar-refractivity contribution is 6.30. The molecule has 1 saturated heterocycles. The topological polar surface area (TPSA) is 93.0 Å². The first-order valence-corrected chi connectivity index (χ1v) is 14.5. The maximum absolute atomic E-state index is 14.0. The first kappa shape index (κ1) is 28.7. The predicted molar refractivity (Wildman–Crippen MR) is 160 cm³/mol. The molecule has 9 nitrogen and oxygen atoms in total. The van der Waals surface area contributed by atoms with Crippen molar-refractivity contribution in [2.24, 2.45) is 7.05 Å². The number of imidazole rings is 1. The summed E-state index contributed by atoms with van der Waals surface area (Å²) in [5.41, 5.74) is 2.45. The lowest BCUT2D eigenvalue weighted by Crippen LogP contribution is -2.50. The van der Waals surface area contributed by atoms with Crippen LogP contribution < -0.4 is 9.47 Å². The monoisotopic (exact) mass is 603 g/mol. The van der Waals surface area contributed by atoms with Crippen LogP contribution in [0.2, 0.25) is 5.02 Å². The van der Waals surface area contributed by atoms with Crippen LogP contribution in [0.25, 0.3) is 11.0 Å². The SMILES string of the molecule is Cn1c(CN2C=CC=CC2N2CCC(Oc3cccc(COc4ccc(Cl)cc4F)n3)CC2)nc2ccc(C(=O)O)cc21. The number of allylic oxidation sites excluding steroid dienone is 2. The maximum atomic E-state index is 14.0. The number of aryl methyl sites for hydroxylation is 1. The van der Waals surface area contributed by atoms with E-state index in [1.165, 1.54) is 12.1 Å². The Kier molecular flexibility index (Phi) is 8.31. The second kappa shape index (κ2) is 12.4. The Labute approximate surface area is 253 Å². The number of carboxylic acids is 1. The number of carbonyl (C=O) groups is 1. The zero-order valence-corrected chi connectivity index (χ0v) is 24.3. The average Bonchev–Trinajstić information content (AvgIpc) is 3.31. The van der Waals surface area contributed by atoms with E-state index in [1.54, 1.807) is 24.3 Å². The molecule has 1 N–H and O–H groups in total. The summed E-state index contributed by atoms with van der Waals surface area (Å²) in [5.74, 6) is 0.0235. The van der Waals surface area contributed by atoms with Gasteiger partial charge < -0.3 is 24.0 Å². The van der Waals surface area contributed by atoms with Gasteiger partial charge >= 0.3 is 5.97 Å². The molecule has 1 atom stereocenters. The molecule has 1 unspecified atom stereocenters. The number of aromatic nitrogens is 3. The Morgan fingerprint density at radius 2 is 1.93 bits per heavy atom. The van der Waals surface area contributed by atoms with E-state index in [-0.39, 0.29) is 30.2 Å². The van der Waals surface area contributed by atoms with Crippen molar-refractivity contribution in [3.05, 3.63) is 107 Å². The molecule has 2 aliphatic rings. The van der Waals surface area contributed by atoms with Gasteiger partial charge in [-0.05, 0) is 67.5 Å². The molecule has 4 aromatic rings. The number of benzene rings is 2. The minimum absolute atomic E-state index is 0.0217. The van der Waals surface area contributed by atoms with E-state index in [4.69, 9.17) is 26.1 Å². The van der Waals surface area contributed by atoms with Crippen molar-refractivity contribution in [2.75, 3.05) is 13.1 Å². The minimum atomic E-state index is -0.954. The summed E-state index contributed by atoms with van der Waals surface area (Å²) in [7, 11) is 1.92. The third kappa shape index (κ3) is 6.50. The smallest absolute Gasteiger partial charge is 0.335 e. The Hall–Kier alpha value is -4.41. The van der Waals surface area contributed by atoms with Gasteiger partial charge in [-0.25, -0.2) is 19.2 Å². The summed E-state index contributed by atoms with van der Waals surface area (Å²) in [4.78, 5) is 25.4. The minimum Gasteiger partial charge on any atom is -0.484 e. The fourth-order valence-electron chi connectivity index (χ4n) is 5.45. The molecule has 222 valence electrons.